The summed E-state index contributed by atoms with van der Waals surface area (Å²) in [6, 6.07) is 8.47. The summed E-state index contributed by atoms with van der Waals surface area (Å²) in [6.07, 6.45) is 4.58. The van der Waals surface area contributed by atoms with Crippen molar-refractivity contribution >= 4 is 0 Å². The SMILES string of the molecule is CCc1ccc(OC2CCCC(C#N)(NC)C2)c(OC)c1. The van der Waals surface area contributed by atoms with E-state index in [1.54, 1.807) is 7.11 Å². The van der Waals surface area contributed by atoms with Crippen molar-refractivity contribution in [3.8, 4) is 17.6 Å². The number of nitrogens with zero attached hydrogens (tertiary/aromatic N) is 1. The Hall–Kier alpha value is -1.73. The molecular weight excluding hydrogens is 264 g/mol. The molecule has 0 saturated heterocycles. The lowest BCUT2D eigenvalue weighted by Crippen LogP contribution is -2.48. The Morgan fingerprint density at radius 2 is 2.24 bits per heavy atom. The van der Waals surface area contributed by atoms with Crippen LogP contribution in [0.1, 0.15) is 38.2 Å². The molecule has 1 fully saturated rings. The minimum atomic E-state index is -0.459. The Balaban J connectivity index is 2.13. The molecule has 1 aromatic carbocycles. The molecular formula is C17H24N2O2. The normalized spacial score (nSPS) is 25.1. The summed E-state index contributed by atoms with van der Waals surface area (Å²) in [7, 11) is 3.51. The highest BCUT2D eigenvalue weighted by Gasteiger charge is 2.36. The summed E-state index contributed by atoms with van der Waals surface area (Å²) in [5.41, 5.74) is 0.768. The number of rotatable bonds is 5. The van der Waals surface area contributed by atoms with Gasteiger partial charge < -0.3 is 14.8 Å². The van der Waals surface area contributed by atoms with Crippen LogP contribution in [0.5, 0.6) is 11.5 Å². The summed E-state index contributed by atoms with van der Waals surface area (Å²) in [4.78, 5) is 0. The van der Waals surface area contributed by atoms with Crippen LogP contribution in [0.15, 0.2) is 18.2 Å². The molecule has 114 valence electrons. The summed E-state index contributed by atoms with van der Waals surface area (Å²) in [6.45, 7) is 2.12. The fourth-order valence-electron chi connectivity index (χ4n) is 2.92. The molecule has 2 rings (SSSR count). The van der Waals surface area contributed by atoms with Gasteiger partial charge in [-0.05, 0) is 50.4 Å². The summed E-state index contributed by atoms with van der Waals surface area (Å²) in [5, 5.41) is 12.6. The van der Waals surface area contributed by atoms with Crippen LogP contribution in [0.4, 0.5) is 0 Å². The van der Waals surface area contributed by atoms with Gasteiger partial charge in [0.25, 0.3) is 0 Å². The molecule has 4 heteroatoms. The first-order valence-corrected chi connectivity index (χ1v) is 7.60. The lowest BCUT2D eigenvalue weighted by Gasteiger charge is -2.35. The van der Waals surface area contributed by atoms with Gasteiger partial charge in [0.15, 0.2) is 11.5 Å². The van der Waals surface area contributed by atoms with E-state index in [0.29, 0.717) is 6.42 Å². The highest BCUT2D eigenvalue weighted by molar-refractivity contribution is 5.43. The maximum Gasteiger partial charge on any atom is 0.161 e. The zero-order chi connectivity index (χ0) is 15.3. The molecule has 2 atom stereocenters. The predicted molar refractivity (Wildman–Crippen MR) is 82.7 cm³/mol. The second-order valence-corrected chi connectivity index (χ2v) is 5.62. The number of methoxy groups -OCH3 is 1. The van der Waals surface area contributed by atoms with Gasteiger partial charge >= 0.3 is 0 Å². The molecule has 1 N–H and O–H groups in total. The number of hydrogen-bond donors (Lipinski definition) is 1. The molecule has 1 aliphatic carbocycles. The quantitative estimate of drug-likeness (QED) is 0.904. The zero-order valence-corrected chi connectivity index (χ0v) is 13.1. The summed E-state index contributed by atoms with van der Waals surface area (Å²) < 4.78 is 11.5. The molecule has 0 spiro atoms. The fraction of sp³-hybridized carbons (Fsp3) is 0.588. The van der Waals surface area contributed by atoms with Crippen LogP contribution in [0.25, 0.3) is 0 Å². The first-order chi connectivity index (χ1) is 10.2. The highest BCUT2D eigenvalue weighted by Crippen LogP contribution is 2.34. The lowest BCUT2D eigenvalue weighted by molar-refractivity contribution is 0.112. The van der Waals surface area contributed by atoms with Crippen LogP contribution >= 0.6 is 0 Å². The van der Waals surface area contributed by atoms with Crippen molar-refractivity contribution in [1.29, 1.82) is 5.26 Å². The number of nitriles is 1. The molecule has 0 aliphatic heterocycles. The van der Waals surface area contributed by atoms with Crippen molar-refractivity contribution in [2.75, 3.05) is 14.2 Å². The molecule has 0 aromatic heterocycles. The Bertz CT molecular complexity index is 524. The smallest absolute Gasteiger partial charge is 0.161 e. The second-order valence-electron chi connectivity index (χ2n) is 5.62. The van der Waals surface area contributed by atoms with E-state index in [-0.39, 0.29) is 6.10 Å². The maximum absolute atomic E-state index is 9.40. The average Bonchev–Trinajstić information content (AvgIpc) is 2.55. The first-order valence-electron chi connectivity index (χ1n) is 7.60. The highest BCUT2D eigenvalue weighted by atomic mass is 16.5. The second kappa shape index (κ2) is 6.82. The van der Waals surface area contributed by atoms with Crippen molar-refractivity contribution in [1.82, 2.24) is 5.32 Å². The third-order valence-electron chi connectivity index (χ3n) is 4.33. The van der Waals surface area contributed by atoms with Crippen LogP contribution in [0, 0.1) is 11.3 Å². The minimum absolute atomic E-state index is 0.0484. The van der Waals surface area contributed by atoms with E-state index in [0.717, 1.165) is 37.2 Å². The Morgan fingerprint density at radius 1 is 1.43 bits per heavy atom. The van der Waals surface area contributed by atoms with Gasteiger partial charge in [-0.2, -0.15) is 5.26 Å². The van der Waals surface area contributed by atoms with Crippen LogP contribution in [0.2, 0.25) is 0 Å². The van der Waals surface area contributed by atoms with Gasteiger partial charge in [-0.25, -0.2) is 0 Å². The van der Waals surface area contributed by atoms with Crippen molar-refractivity contribution in [2.24, 2.45) is 0 Å². The largest absolute Gasteiger partial charge is 0.493 e. The van der Waals surface area contributed by atoms with Crippen LogP contribution < -0.4 is 14.8 Å². The molecule has 0 amide bonds. The van der Waals surface area contributed by atoms with Crippen molar-refractivity contribution in [3.05, 3.63) is 23.8 Å². The third kappa shape index (κ3) is 3.48. The van der Waals surface area contributed by atoms with E-state index in [1.165, 1.54) is 5.56 Å². The number of hydrogen-bond acceptors (Lipinski definition) is 4. The van der Waals surface area contributed by atoms with Gasteiger partial charge in [0.1, 0.15) is 11.6 Å². The first kappa shape index (κ1) is 15.7. The van der Waals surface area contributed by atoms with Crippen molar-refractivity contribution in [3.63, 3.8) is 0 Å². The van der Waals surface area contributed by atoms with Crippen molar-refractivity contribution < 1.29 is 9.47 Å². The van der Waals surface area contributed by atoms with Crippen molar-refractivity contribution in [2.45, 2.75) is 50.7 Å². The van der Waals surface area contributed by atoms with Gasteiger partial charge in [-0.1, -0.05) is 13.0 Å². The Morgan fingerprint density at radius 3 is 2.86 bits per heavy atom. The molecule has 4 nitrogen and oxygen atoms in total. The van der Waals surface area contributed by atoms with Gasteiger partial charge in [-0.3, -0.25) is 0 Å². The van der Waals surface area contributed by atoms with E-state index in [4.69, 9.17) is 9.47 Å². The zero-order valence-electron chi connectivity index (χ0n) is 13.1. The molecule has 21 heavy (non-hydrogen) atoms. The minimum Gasteiger partial charge on any atom is -0.493 e. The van der Waals surface area contributed by atoms with Crippen LogP contribution in [-0.2, 0) is 6.42 Å². The topological polar surface area (TPSA) is 54.3 Å². The Kier molecular flexibility index (Phi) is 5.08. The van der Waals surface area contributed by atoms with Gasteiger partial charge in [-0.15, -0.1) is 0 Å². The molecule has 1 aliphatic rings. The van der Waals surface area contributed by atoms with E-state index in [1.807, 2.05) is 19.2 Å². The van der Waals surface area contributed by atoms with Gasteiger partial charge in [0, 0.05) is 6.42 Å². The van der Waals surface area contributed by atoms with E-state index < -0.39 is 5.54 Å². The van der Waals surface area contributed by atoms with Crippen LogP contribution in [0.3, 0.4) is 0 Å². The molecule has 0 radical (unpaired) electrons. The van der Waals surface area contributed by atoms with Crippen LogP contribution in [-0.4, -0.2) is 25.8 Å². The van der Waals surface area contributed by atoms with Gasteiger partial charge in [0.05, 0.1) is 13.2 Å². The lowest BCUT2D eigenvalue weighted by atomic mass is 9.81. The molecule has 2 unspecified atom stereocenters. The van der Waals surface area contributed by atoms with E-state index in [2.05, 4.69) is 24.4 Å². The number of nitrogens with one attached hydrogen (secondary N) is 1. The number of benzene rings is 1. The molecule has 0 heterocycles. The monoisotopic (exact) mass is 288 g/mol. The molecule has 0 bridgehead atoms. The van der Waals surface area contributed by atoms with Gasteiger partial charge in [0.2, 0.25) is 0 Å². The molecule has 1 saturated carbocycles. The Labute approximate surface area is 127 Å². The third-order valence-corrected chi connectivity index (χ3v) is 4.33. The summed E-state index contributed by atoms with van der Waals surface area (Å²) in [5.74, 6) is 1.54. The molecule has 1 aromatic rings. The van der Waals surface area contributed by atoms with E-state index in [9.17, 15) is 5.26 Å². The maximum atomic E-state index is 9.40. The standard InChI is InChI=1S/C17H24N2O2/c1-4-13-7-8-15(16(10-13)20-3)21-14-6-5-9-17(11-14,12-18)19-2/h7-8,10,14,19H,4-6,9,11H2,1-3H3. The predicted octanol–water partition coefficient (Wildman–Crippen LogP) is 3.06. The van der Waals surface area contributed by atoms with E-state index >= 15 is 0 Å². The number of aryl methyl sites for hydroxylation is 1. The average molecular weight is 288 g/mol. The fourth-order valence-corrected chi connectivity index (χ4v) is 2.92. The summed E-state index contributed by atoms with van der Waals surface area (Å²) >= 11 is 0. The number of ether oxygens (including phenoxy) is 2.